The standard InChI is InChI=1S/C17H20BrN3O3/c1-16(2,3)24-15(23)21-13-7-5-4-6-12(13)17(14(19)22)9-8-11(18)10-20-17/h4-10,20H,1-3H3,(H2,19,22)(H,21,23). The average molecular weight is 394 g/mol. The van der Waals surface area contributed by atoms with Gasteiger partial charge in [-0.25, -0.2) is 4.79 Å². The number of nitrogens with two attached hydrogens (primary N) is 1. The van der Waals surface area contributed by atoms with Crippen LogP contribution in [0.4, 0.5) is 10.5 Å². The van der Waals surface area contributed by atoms with Gasteiger partial charge in [0.2, 0.25) is 0 Å². The topological polar surface area (TPSA) is 93.4 Å². The van der Waals surface area contributed by atoms with E-state index < -0.39 is 23.1 Å². The Morgan fingerprint density at radius 3 is 2.50 bits per heavy atom. The van der Waals surface area contributed by atoms with Gasteiger partial charge in [0, 0.05) is 16.2 Å². The van der Waals surface area contributed by atoms with Gasteiger partial charge in [-0.05, 0) is 54.9 Å². The van der Waals surface area contributed by atoms with Crippen molar-refractivity contribution in [1.29, 1.82) is 0 Å². The SMILES string of the molecule is CC(C)(C)OC(=O)Nc1ccccc1C1(C(N)=O)C=CC(Br)=CN1. The molecular weight excluding hydrogens is 374 g/mol. The van der Waals surface area contributed by atoms with Gasteiger partial charge < -0.3 is 15.8 Å². The van der Waals surface area contributed by atoms with Crippen LogP contribution < -0.4 is 16.4 Å². The van der Waals surface area contributed by atoms with Crippen LogP contribution in [0, 0.1) is 0 Å². The number of nitrogens with one attached hydrogen (secondary N) is 2. The second-order valence-corrected chi connectivity index (χ2v) is 7.27. The minimum absolute atomic E-state index is 0.439. The number of carbonyl (C=O) groups is 2. The van der Waals surface area contributed by atoms with Crippen molar-refractivity contribution in [3.05, 3.63) is 52.7 Å². The number of primary amides is 1. The Hall–Kier alpha value is -2.28. The van der Waals surface area contributed by atoms with Crippen LogP contribution in [0.15, 0.2) is 47.1 Å². The van der Waals surface area contributed by atoms with Gasteiger partial charge in [0.25, 0.3) is 5.91 Å². The molecule has 2 rings (SSSR count). The highest BCUT2D eigenvalue weighted by Gasteiger charge is 2.38. The van der Waals surface area contributed by atoms with Crippen LogP contribution in [0.1, 0.15) is 26.3 Å². The summed E-state index contributed by atoms with van der Waals surface area (Å²) >= 11 is 3.32. The number of hydrogen-bond donors (Lipinski definition) is 3. The van der Waals surface area contributed by atoms with Crippen LogP contribution in [0.3, 0.4) is 0 Å². The Bertz CT molecular complexity index is 722. The van der Waals surface area contributed by atoms with Crippen LogP contribution in [0.25, 0.3) is 0 Å². The Morgan fingerprint density at radius 1 is 1.29 bits per heavy atom. The number of rotatable bonds is 3. The number of benzene rings is 1. The summed E-state index contributed by atoms with van der Waals surface area (Å²) in [6.07, 6.45) is 4.40. The molecule has 1 aliphatic heterocycles. The Balaban J connectivity index is 2.39. The minimum atomic E-state index is -1.26. The predicted molar refractivity (Wildman–Crippen MR) is 96.5 cm³/mol. The summed E-state index contributed by atoms with van der Waals surface area (Å²) in [5, 5.41) is 5.68. The summed E-state index contributed by atoms with van der Waals surface area (Å²) in [4.78, 5) is 24.3. The van der Waals surface area contributed by atoms with Crippen molar-refractivity contribution in [2.75, 3.05) is 5.32 Å². The van der Waals surface area contributed by atoms with E-state index in [0.717, 1.165) is 4.48 Å². The minimum Gasteiger partial charge on any atom is -0.444 e. The van der Waals surface area contributed by atoms with Crippen LogP contribution in [0.2, 0.25) is 0 Å². The number of para-hydroxylation sites is 1. The molecule has 0 bridgehead atoms. The molecule has 7 heteroatoms. The van der Waals surface area contributed by atoms with Crippen LogP contribution in [-0.4, -0.2) is 17.6 Å². The van der Waals surface area contributed by atoms with E-state index in [4.69, 9.17) is 10.5 Å². The van der Waals surface area contributed by atoms with Crippen LogP contribution in [0.5, 0.6) is 0 Å². The first-order chi connectivity index (χ1) is 11.1. The van der Waals surface area contributed by atoms with Crippen molar-refractivity contribution >= 4 is 33.6 Å². The largest absolute Gasteiger partial charge is 0.444 e. The fourth-order valence-electron chi connectivity index (χ4n) is 2.29. The number of anilines is 1. The quantitative estimate of drug-likeness (QED) is 0.735. The molecule has 24 heavy (non-hydrogen) atoms. The Kier molecular flexibility index (Phi) is 5.03. The van der Waals surface area contributed by atoms with Gasteiger partial charge in [0.15, 0.2) is 5.54 Å². The molecule has 1 aliphatic rings. The van der Waals surface area contributed by atoms with Gasteiger partial charge in [-0.3, -0.25) is 10.1 Å². The Morgan fingerprint density at radius 2 is 1.96 bits per heavy atom. The summed E-state index contributed by atoms with van der Waals surface area (Å²) in [5.74, 6) is -0.589. The number of carbonyl (C=O) groups excluding carboxylic acids is 2. The van der Waals surface area contributed by atoms with E-state index in [9.17, 15) is 9.59 Å². The highest BCUT2D eigenvalue weighted by Crippen LogP contribution is 2.33. The van der Waals surface area contributed by atoms with Gasteiger partial charge in [0.05, 0.1) is 5.69 Å². The summed E-state index contributed by atoms with van der Waals surface area (Å²) < 4.78 is 6.05. The number of allylic oxidation sites excluding steroid dienone is 2. The third-order valence-electron chi connectivity index (χ3n) is 3.31. The van der Waals surface area contributed by atoms with Crippen molar-refractivity contribution in [2.24, 2.45) is 5.73 Å². The highest BCUT2D eigenvalue weighted by atomic mass is 79.9. The third-order valence-corrected chi connectivity index (χ3v) is 3.80. The second-order valence-electron chi connectivity index (χ2n) is 6.35. The maximum Gasteiger partial charge on any atom is 0.412 e. The molecule has 1 atom stereocenters. The number of hydrogen-bond acceptors (Lipinski definition) is 4. The van der Waals surface area contributed by atoms with E-state index in [-0.39, 0.29) is 0 Å². The highest BCUT2D eigenvalue weighted by molar-refractivity contribution is 9.11. The molecule has 1 aromatic rings. The molecule has 0 aliphatic carbocycles. The maximum atomic E-state index is 12.2. The van der Waals surface area contributed by atoms with E-state index in [1.165, 1.54) is 0 Å². The van der Waals surface area contributed by atoms with Crippen LogP contribution in [-0.2, 0) is 15.1 Å². The first kappa shape index (κ1) is 18.1. The summed E-state index contributed by atoms with van der Waals surface area (Å²) in [7, 11) is 0. The fraction of sp³-hybridized carbons (Fsp3) is 0.294. The Labute approximate surface area is 149 Å². The van der Waals surface area contributed by atoms with Gasteiger partial charge in [-0.15, -0.1) is 0 Å². The normalized spacial score (nSPS) is 19.9. The van der Waals surface area contributed by atoms with E-state index >= 15 is 0 Å². The van der Waals surface area contributed by atoms with Crippen molar-refractivity contribution < 1.29 is 14.3 Å². The van der Waals surface area contributed by atoms with Gasteiger partial charge in [-0.2, -0.15) is 0 Å². The zero-order chi connectivity index (χ0) is 18.0. The van der Waals surface area contributed by atoms with Crippen molar-refractivity contribution in [2.45, 2.75) is 31.9 Å². The van der Waals surface area contributed by atoms with Gasteiger partial charge in [-0.1, -0.05) is 18.2 Å². The lowest BCUT2D eigenvalue weighted by Gasteiger charge is -2.32. The molecule has 0 aromatic heterocycles. The van der Waals surface area contributed by atoms with Crippen molar-refractivity contribution in [3.63, 3.8) is 0 Å². The lowest BCUT2D eigenvalue weighted by atomic mass is 9.86. The number of dihydropyridines is 1. The van der Waals surface area contributed by atoms with Crippen LogP contribution >= 0.6 is 15.9 Å². The van der Waals surface area contributed by atoms with E-state index in [1.807, 2.05) is 0 Å². The lowest BCUT2D eigenvalue weighted by molar-refractivity contribution is -0.122. The number of ether oxygens (including phenoxy) is 1. The molecule has 1 aromatic carbocycles. The number of halogens is 1. The number of amides is 2. The molecule has 6 nitrogen and oxygen atoms in total. The summed E-state index contributed by atoms with van der Waals surface area (Å²) in [5.41, 5.74) is 4.71. The monoisotopic (exact) mass is 393 g/mol. The predicted octanol–water partition coefficient (Wildman–Crippen LogP) is 3.11. The molecule has 128 valence electrons. The van der Waals surface area contributed by atoms with E-state index in [1.54, 1.807) is 63.4 Å². The zero-order valence-electron chi connectivity index (χ0n) is 13.7. The molecule has 1 unspecified atom stereocenters. The molecule has 0 radical (unpaired) electrons. The third kappa shape index (κ3) is 3.97. The molecule has 0 fully saturated rings. The van der Waals surface area contributed by atoms with E-state index in [0.29, 0.717) is 11.3 Å². The molecule has 4 N–H and O–H groups in total. The molecule has 2 amide bonds. The molecule has 0 saturated heterocycles. The smallest absolute Gasteiger partial charge is 0.412 e. The first-order valence-corrected chi connectivity index (χ1v) is 8.15. The van der Waals surface area contributed by atoms with Gasteiger partial charge >= 0.3 is 6.09 Å². The maximum absolute atomic E-state index is 12.2. The second kappa shape index (κ2) is 6.68. The molecule has 1 heterocycles. The molecular formula is C17H20BrN3O3. The molecule has 0 saturated carbocycles. The fourth-order valence-corrected chi connectivity index (χ4v) is 2.53. The average Bonchev–Trinajstić information content (AvgIpc) is 2.47. The first-order valence-electron chi connectivity index (χ1n) is 7.36. The molecule has 0 spiro atoms. The zero-order valence-corrected chi connectivity index (χ0v) is 15.3. The van der Waals surface area contributed by atoms with Gasteiger partial charge in [0.1, 0.15) is 5.60 Å². The van der Waals surface area contributed by atoms with E-state index in [2.05, 4.69) is 26.6 Å². The summed E-state index contributed by atoms with van der Waals surface area (Å²) in [6.45, 7) is 5.32. The van der Waals surface area contributed by atoms with Crippen molar-refractivity contribution in [3.8, 4) is 0 Å². The lowest BCUT2D eigenvalue weighted by Crippen LogP contribution is -2.50. The summed E-state index contributed by atoms with van der Waals surface area (Å²) in [6, 6.07) is 6.93. The van der Waals surface area contributed by atoms with Crippen molar-refractivity contribution in [1.82, 2.24) is 5.32 Å².